The Balaban J connectivity index is 2.22. The van der Waals surface area contributed by atoms with Crippen molar-refractivity contribution in [2.75, 3.05) is 13.2 Å². The number of rotatable bonds is 5. The van der Waals surface area contributed by atoms with Crippen molar-refractivity contribution in [3.63, 3.8) is 0 Å². The van der Waals surface area contributed by atoms with Gasteiger partial charge < -0.3 is 15.5 Å². The smallest absolute Gasteiger partial charge is 0.223 e. The summed E-state index contributed by atoms with van der Waals surface area (Å²) in [5.74, 6) is 0.312. The molecule has 0 spiro atoms. The predicted molar refractivity (Wildman–Crippen MR) is 52.6 cm³/mol. The summed E-state index contributed by atoms with van der Waals surface area (Å²) in [5.41, 5.74) is 0. The number of aliphatic hydroxyl groups excluding tert-OH is 2. The average Bonchev–Trinajstić information content (AvgIpc) is 2.59. The minimum Gasteiger partial charge on any atom is -0.394 e. The lowest BCUT2D eigenvalue weighted by atomic mass is 9.93. The lowest BCUT2D eigenvalue weighted by Gasteiger charge is -2.17. The first-order chi connectivity index (χ1) is 6.65. The van der Waals surface area contributed by atoms with Gasteiger partial charge in [-0.1, -0.05) is 6.92 Å². The highest BCUT2D eigenvalue weighted by Gasteiger charge is 2.25. The van der Waals surface area contributed by atoms with Gasteiger partial charge in [-0.05, 0) is 25.2 Å². The van der Waals surface area contributed by atoms with Crippen molar-refractivity contribution in [1.29, 1.82) is 0 Å². The maximum atomic E-state index is 11.2. The number of carbonyl (C=O) groups excluding carboxylic acids is 1. The van der Waals surface area contributed by atoms with Crippen molar-refractivity contribution >= 4 is 5.91 Å². The molecule has 3 N–H and O–H groups in total. The number of amides is 1. The van der Waals surface area contributed by atoms with Crippen molar-refractivity contribution in [3.05, 3.63) is 0 Å². The second kappa shape index (κ2) is 5.32. The molecule has 3 atom stereocenters. The van der Waals surface area contributed by atoms with Gasteiger partial charge >= 0.3 is 0 Å². The van der Waals surface area contributed by atoms with Crippen molar-refractivity contribution in [1.82, 2.24) is 5.32 Å². The van der Waals surface area contributed by atoms with Crippen LogP contribution in [0.3, 0.4) is 0 Å². The van der Waals surface area contributed by atoms with Gasteiger partial charge in [0.1, 0.15) is 0 Å². The molecule has 1 saturated heterocycles. The minimum atomic E-state index is -0.653. The van der Waals surface area contributed by atoms with E-state index in [4.69, 9.17) is 5.11 Å². The molecular formula is C10H19NO3. The van der Waals surface area contributed by atoms with E-state index < -0.39 is 6.10 Å². The maximum Gasteiger partial charge on any atom is 0.223 e. The van der Waals surface area contributed by atoms with Crippen LogP contribution in [-0.4, -0.2) is 35.4 Å². The Morgan fingerprint density at radius 2 is 2.36 bits per heavy atom. The highest BCUT2D eigenvalue weighted by Crippen LogP contribution is 2.20. The van der Waals surface area contributed by atoms with Crippen LogP contribution in [0.1, 0.15) is 26.2 Å². The maximum absolute atomic E-state index is 11.2. The second-order valence-electron chi connectivity index (χ2n) is 4.08. The predicted octanol–water partition coefficient (Wildman–Crippen LogP) is -0.108. The van der Waals surface area contributed by atoms with Gasteiger partial charge in [-0.3, -0.25) is 4.79 Å². The summed E-state index contributed by atoms with van der Waals surface area (Å²) in [5, 5.41) is 20.8. The molecule has 14 heavy (non-hydrogen) atoms. The van der Waals surface area contributed by atoms with Gasteiger partial charge in [0, 0.05) is 12.5 Å². The third-order valence-corrected chi connectivity index (χ3v) is 2.98. The van der Waals surface area contributed by atoms with E-state index in [0.29, 0.717) is 0 Å². The van der Waals surface area contributed by atoms with Gasteiger partial charge in [-0.15, -0.1) is 0 Å². The lowest BCUT2D eigenvalue weighted by Crippen LogP contribution is -2.24. The van der Waals surface area contributed by atoms with E-state index in [2.05, 4.69) is 5.32 Å². The topological polar surface area (TPSA) is 69.6 Å². The highest BCUT2D eigenvalue weighted by molar-refractivity contribution is 5.80. The molecule has 0 aromatic heterocycles. The molecule has 82 valence electrons. The number of nitrogens with one attached hydrogen (secondary N) is 1. The normalized spacial score (nSPS) is 25.9. The van der Waals surface area contributed by atoms with Crippen LogP contribution in [0.15, 0.2) is 0 Å². The second-order valence-corrected chi connectivity index (χ2v) is 4.08. The van der Waals surface area contributed by atoms with Gasteiger partial charge in [-0.25, -0.2) is 0 Å². The Morgan fingerprint density at radius 1 is 1.64 bits per heavy atom. The molecule has 1 aliphatic rings. The summed E-state index contributed by atoms with van der Waals surface area (Å²) in [6.07, 6.45) is 1.85. The quantitative estimate of drug-likeness (QED) is 0.581. The number of hydrogen-bond acceptors (Lipinski definition) is 3. The van der Waals surface area contributed by atoms with Crippen molar-refractivity contribution < 1.29 is 15.0 Å². The first-order valence-corrected chi connectivity index (χ1v) is 5.21. The third kappa shape index (κ3) is 2.96. The van der Waals surface area contributed by atoms with Crippen molar-refractivity contribution in [2.24, 2.45) is 11.8 Å². The van der Waals surface area contributed by atoms with Gasteiger partial charge in [0.25, 0.3) is 0 Å². The minimum absolute atomic E-state index is 0.0633. The Kier molecular flexibility index (Phi) is 4.35. The van der Waals surface area contributed by atoms with E-state index in [1.165, 1.54) is 0 Å². The monoisotopic (exact) mass is 201 g/mol. The van der Waals surface area contributed by atoms with E-state index in [-0.39, 0.29) is 24.3 Å². The summed E-state index contributed by atoms with van der Waals surface area (Å²) >= 11 is 0. The fraction of sp³-hybridized carbons (Fsp3) is 0.900. The summed E-state index contributed by atoms with van der Waals surface area (Å²) in [4.78, 5) is 11.2. The first-order valence-electron chi connectivity index (χ1n) is 5.21. The molecule has 4 nitrogen and oxygen atoms in total. The molecule has 0 radical (unpaired) electrons. The van der Waals surface area contributed by atoms with Crippen LogP contribution in [-0.2, 0) is 4.79 Å². The van der Waals surface area contributed by atoms with Gasteiger partial charge in [0.15, 0.2) is 0 Å². The summed E-state index contributed by atoms with van der Waals surface area (Å²) < 4.78 is 0. The first kappa shape index (κ1) is 11.5. The molecule has 1 aliphatic heterocycles. The number of hydrogen-bond donors (Lipinski definition) is 3. The van der Waals surface area contributed by atoms with Crippen molar-refractivity contribution in [3.8, 4) is 0 Å². The zero-order valence-electron chi connectivity index (χ0n) is 8.57. The third-order valence-electron chi connectivity index (χ3n) is 2.98. The molecule has 0 aromatic rings. The standard InChI is InChI=1S/C10H19NO3/c1-7(9(13)6-12)2-3-8-4-5-11-10(8)14/h7-9,12-13H,2-6H2,1H3,(H,11,14). The molecule has 1 amide bonds. The zero-order chi connectivity index (χ0) is 10.6. The van der Waals surface area contributed by atoms with E-state index in [1.807, 2.05) is 6.92 Å². The van der Waals surface area contributed by atoms with Crippen LogP contribution in [0.5, 0.6) is 0 Å². The van der Waals surface area contributed by atoms with Crippen LogP contribution in [0.4, 0.5) is 0 Å². The van der Waals surface area contributed by atoms with Crippen LogP contribution in [0.2, 0.25) is 0 Å². The number of aliphatic hydroxyl groups is 2. The summed E-state index contributed by atoms with van der Waals surface area (Å²) in [6.45, 7) is 2.48. The van der Waals surface area contributed by atoms with E-state index in [9.17, 15) is 9.90 Å². The zero-order valence-corrected chi connectivity index (χ0v) is 8.57. The van der Waals surface area contributed by atoms with E-state index in [0.717, 1.165) is 25.8 Å². The fourth-order valence-electron chi connectivity index (χ4n) is 1.76. The SMILES string of the molecule is CC(CCC1CCNC1=O)C(O)CO. The van der Waals surface area contributed by atoms with Crippen molar-refractivity contribution in [2.45, 2.75) is 32.3 Å². The van der Waals surface area contributed by atoms with Gasteiger partial charge in [0.2, 0.25) is 5.91 Å². The van der Waals surface area contributed by atoms with Crippen LogP contribution in [0, 0.1) is 11.8 Å². The van der Waals surface area contributed by atoms with Crippen LogP contribution in [0.25, 0.3) is 0 Å². The lowest BCUT2D eigenvalue weighted by molar-refractivity contribution is -0.122. The molecule has 1 fully saturated rings. The molecule has 0 aromatic carbocycles. The molecule has 4 heteroatoms. The Labute approximate surface area is 84.3 Å². The number of carbonyl (C=O) groups is 1. The Bertz CT molecular complexity index is 196. The Hall–Kier alpha value is -0.610. The molecule has 1 heterocycles. The fourth-order valence-corrected chi connectivity index (χ4v) is 1.76. The van der Waals surface area contributed by atoms with Gasteiger partial charge in [0.05, 0.1) is 12.7 Å². The molecule has 0 bridgehead atoms. The summed E-state index contributed by atoms with van der Waals surface area (Å²) in [7, 11) is 0. The molecular weight excluding hydrogens is 182 g/mol. The Morgan fingerprint density at radius 3 is 2.86 bits per heavy atom. The van der Waals surface area contributed by atoms with E-state index in [1.54, 1.807) is 0 Å². The molecule has 0 saturated carbocycles. The highest BCUT2D eigenvalue weighted by atomic mass is 16.3. The molecule has 0 aliphatic carbocycles. The average molecular weight is 201 g/mol. The van der Waals surface area contributed by atoms with Gasteiger partial charge in [-0.2, -0.15) is 0 Å². The van der Waals surface area contributed by atoms with Crippen LogP contribution >= 0.6 is 0 Å². The summed E-state index contributed by atoms with van der Waals surface area (Å²) in [6, 6.07) is 0. The molecule has 3 unspecified atom stereocenters. The largest absolute Gasteiger partial charge is 0.394 e. The van der Waals surface area contributed by atoms with Crippen LogP contribution < -0.4 is 5.32 Å². The van der Waals surface area contributed by atoms with E-state index >= 15 is 0 Å². The molecule has 1 rings (SSSR count).